The number of benzene rings is 1. The van der Waals surface area contributed by atoms with Crippen LogP contribution in [-0.2, 0) is 21.3 Å². The van der Waals surface area contributed by atoms with Crippen LogP contribution in [0, 0.1) is 0 Å². The van der Waals surface area contributed by atoms with E-state index in [0.29, 0.717) is 29.9 Å². The second-order valence-corrected chi connectivity index (χ2v) is 8.31. The van der Waals surface area contributed by atoms with Gasteiger partial charge in [0.15, 0.2) is 0 Å². The minimum atomic E-state index is 0.623. The van der Waals surface area contributed by atoms with Crippen molar-refractivity contribution < 1.29 is 4.42 Å². The van der Waals surface area contributed by atoms with Crippen molar-refractivity contribution in [2.24, 2.45) is 0 Å². The number of fused-ring (bicyclic) bond motifs is 4. The molecule has 1 aliphatic rings. The third kappa shape index (κ3) is 3.05. The average Bonchev–Trinajstić information content (AvgIpc) is 2.77. The molecule has 0 spiro atoms. The van der Waals surface area contributed by atoms with Gasteiger partial charge in [0.1, 0.15) is 0 Å². The molecule has 0 unspecified atom stereocenters. The fraction of sp³-hybridized carbons (Fsp3) is 0.286. The van der Waals surface area contributed by atoms with Crippen LogP contribution in [0.5, 0.6) is 0 Å². The summed E-state index contributed by atoms with van der Waals surface area (Å²) in [5, 5.41) is 4.71. The summed E-state index contributed by atoms with van der Waals surface area (Å²) in [4.78, 5) is 0. The monoisotopic (exact) mass is 358 g/mol. The van der Waals surface area contributed by atoms with Crippen molar-refractivity contribution in [1.82, 2.24) is 0 Å². The van der Waals surface area contributed by atoms with Crippen molar-refractivity contribution in [3.8, 4) is 0 Å². The van der Waals surface area contributed by atoms with Crippen LogP contribution in [0.25, 0.3) is 0 Å². The van der Waals surface area contributed by atoms with E-state index in [-0.39, 0.29) is 0 Å². The second kappa shape index (κ2) is 5.45. The van der Waals surface area contributed by atoms with Crippen LogP contribution in [0.15, 0.2) is 40.8 Å². The summed E-state index contributed by atoms with van der Waals surface area (Å²) in [7, 11) is 0. The maximum absolute atomic E-state index is 5.85. The van der Waals surface area contributed by atoms with E-state index in [1.807, 2.05) is 0 Å². The first kappa shape index (κ1) is 11.6. The van der Waals surface area contributed by atoms with Gasteiger partial charge in [-0.1, -0.05) is 0 Å². The van der Waals surface area contributed by atoms with Gasteiger partial charge in [-0.05, 0) is 0 Å². The molecule has 0 fully saturated rings. The first-order valence-corrected chi connectivity index (χ1v) is 10.6. The summed E-state index contributed by atoms with van der Waals surface area (Å²) in [5.41, 5.74) is 3.01. The van der Waals surface area contributed by atoms with Gasteiger partial charge in [-0.25, -0.2) is 0 Å². The standard InChI is InChI=1S/C14H14OSe2/c1-2-11-6-12(3-1)8-17-10-14-5-4-13(15-14)9-16-7-11/h1-6H,7-10H2. The molecule has 0 radical (unpaired) electrons. The quantitative estimate of drug-likeness (QED) is 0.661. The molecule has 0 amide bonds. The molecule has 0 saturated heterocycles. The zero-order chi connectivity index (χ0) is 11.5. The van der Waals surface area contributed by atoms with E-state index >= 15 is 0 Å². The van der Waals surface area contributed by atoms with E-state index < -0.39 is 0 Å². The van der Waals surface area contributed by atoms with Crippen LogP contribution in [0.2, 0.25) is 0 Å². The van der Waals surface area contributed by atoms with Crippen molar-refractivity contribution in [1.29, 1.82) is 0 Å². The van der Waals surface area contributed by atoms with Crippen LogP contribution < -0.4 is 0 Å². The zero-order valence-electron chi connectivity index (χ0n) is 9.52. The predicted octanol–water partition coefficient (Wildman–Crippen LogP) is 2.40. The molecule has 1 aliphatic heterocycles. The molecule has 0 saturated carbocycles. The van der Waals surface area contributed by atoms with Gasteiger partial charge in [0.25, 0.3) is 0 Å². The Labute approximate surface area is 114 Å². The summed E-state index contributed by atoms with van der Waals surface area (Å²) in [6.07, 6.45) is 0. The molecular formula is C14H14OSe2. The summed E-state index contributed by atoms with van der Waals surface area (Å²) in [6.45, 7) is 0. The van der Waals surface area contributed by atoms with Crippen LogP contribution in [0.4, 0.5) is 0 Å². The van der Waals surface area contributed by atoms with Crippen LogP contribution in [0.3, 0.4) is 0 Å². The van der Waals surface area contributed by atoms with Crippen molar-refractivity contribution in [3.05, 3.63) is 59.0 Å². The Morgan fingerprint density at radius 3 is 1.94 bits per heavy atom. The Morgan fingerprint density at radius 2 is 1.35 bits per heavy atom. The SMILES string of the molecule is c1cc2cc(c1)C[Se]Cc1ccc(o1)C[Se]C2. The van der Waals surface area contributed by atoms with Gasteiger partial charge >= 0.3 is 115 Å². The molecule has 4 bridgehead atoms. The minimum absolute atomic E-state index is 0.623. The van der Waals surface area contributed by atoms with Gasteiger partial charge in [0.05, 0.1) is 0 Å². The Morgan fingerprint density at radius 1 is 0.765 bits per heavy atom. The number of hydrogen-bond acceptors (Lipinski definition) is 1. The van der Waals surface area contributed by atoms with Crippen LogP contribution in [-0.4, -0.2) is 29.9 Å². The van der Waals surface area contributed by atoms with Crippen LogP contribution >= 0.6 is 0 Å². The summed E-state index contributed by atoms with van der Waals surface area (Å²) >= 11 is 1.25. The normalized spacial score (nSPS) is 16.0. The number of hydrogen-bond donors (Lipinski definition) is 0. The molecule has 2 aromatic rings. The number of furan rings is 1. The first-order chi connectivity index (χ1) is 8.40. The fourth-order valence-corrected chi connectivity index (χ4v) is 5.59. The van der Waals surface area contributed by atoms with Gasteiger partial charge in [-0.2, -0.15) is 0 Å². The van der Waals surface area contributed by atoms with E-state index in [1.54, 1.807) is 0 Å². The van der Waals surface area contributed by atoms with E-state index in [1.165, 1.54) is 33.3 Å². The molecule has 0 aliphatic carbocycles. The van der Waals surface area contributed by atoms with Gasteiger partial charge in [-0.3, -0.25) is 0 Å². The summed E-state index contributed by atoms with van der Waals surface area (Å²) in [6, 6.07) is 13.5. The third-order valence-corrected chi connectivity index (χ3v) is 7.04. The second-order valence-electron chi connectivity index (χ2n) is 4.17. The molecule has 1 aromatic carbocycles. The molecule has 0 N–H and O–H groups in total. The Balaban J connectivity index is 1.82. The fourth-order valence-electron chi connectivity index (χ4n) is 1.93. The molecule has 1 aromatic heterocycles. The summed E-state index contributed by atoms with van der Waals surface area (Å²) < 4.78 is 5.85. The molecule has 2 heterocycles. The van der Waals surface area contributed by atoms with Crippen molar-refractivity contribution in [2.75, 3.05) is 0 Å². The zero-order valence-corrected chi connectivity index (χ0v) is 12.9. The van der Waals surface area contributed by atoms with Gasteiger partial charge in [-0.15, -0.1) is 0 Å². The molecule has 3 rings (SSSR count). The molecule has 0 atom stereocenters. The Kier molecular flexibility index (Phi) is 3.73. The summed E-state index contributed by atoms with van der Waals surface area (Å²) in [5.74, 6) is 2.38. The van der Waals surface area contributed by atoms with Crippen LogP contribution in [0.1, 0.15) is 22.6 Å². The molecule has 17 heavy (non-hydrogen) atoms. The third-order valence-electron chi connectivity index (χ3n) is 2.73. The van der Waals surface area contributed by atoms with E-state index in [4.69, 9.17) is 4.42 Å². The van der Waals surface area contributed by atoms with Gasteiger partial charge in [0.2, 0.25) is 0 Å². The predicted molar refractivity (Wildman–Crippen MR) is 71.5 cm³/mol. The average molecular weight is 356 g/mol. The molecule has 88 valence electrons. The van der Waals surface area contributed by atoms with E-state index in [9.17, 15) is 0 Å². The van der Waals surface area contributed by atoms with Crippen molar-refractivity contribution in [3.63, 3.8) is 0 Å². The van der Waals surface area contributed by atoms with Gasteiger partial charge in [0, 0.05) is 0 Å². The molecule has 1 nitrogen and oxygen atoms in total. The van der Waals surface area contributed by atoms with E-state index in [2.05, 4.69) is 36.4 Å². The molecular weight excluding hydrogens is 342 g/mol. The molecule has 3 heteroatoms. The Hall–Kier alpha value is -0.461. The van der Waals surface area contributed by atoms with Crippen molar-refractivity contribution >= 4 is 29.9 Å². The Bertz CT molecular complexity index is 465. The maximum atomic E-state index is 5.85. The van der Waals surface area contributed by atoms with E-state index in [0.717, 1.165) is 10.6 Å². The van der Waals surface area contributed by atoms with Crippen molar-refractivity contribution in [2.45, 2.75) is 21.3 Å². The topological polar surface area (TPSA) is 13.1 Å². The van der Waals surface area contributed by atoms with Gasteiger partial charge < -0.3 is 0 Å². The number of rotatable bonds is 0. The first-order valence-electron chi connectivity index (χ1n) is 5.71.